The second-order valence-corrected chi connectivity index (χ2v) is 4.17. The minimum Gasteiger partial charge on any atom is -0.467 e. The third kappa shape index (κ3) is 1.28. The molecule has 0 unspecified atom stereocenters. The highest BCUT2D eigenvalue weighted by Crippen LogP contribution is 2.32. The van der Waals surface area contributed by atoms with Crippen molar-refractivity contribution >= 4 is 11.8 Å². The van der Waals surface area contributed by atoms with E-state index < -0.39 is 6.04 Å². The van der Waals surface area contributed by atoms with Crippen LogP contribution in [0.15, 0.2) is 22.8 Å². The number of nitrogens with one attached hydrogen (secondary N) is 1. The minimum atomic E-state index is -0.444. The van der Waals surface area contributed by atoms with Crippen LogP contribution in [0.1, 0.15) is 24.6 Å². The molecule has 0 bridgehead atoms. The Bertz CT molecular complexity index is 426. The lowest BCUT2D eigenvalue weighted by atomic mass is 10.1. The van der Waals surface area contributed by atoms with E-state index in [0.717, 1.165) is 19.4 Å². The van der Waals surface area contributed by atoms with Crippen LogP contribution < -0.4 is 5.32 Å². The fourth-order valence-corrected chi connectivity index (χ4v) is 2.54. The maximum absolute atomic E-state index is 11.8. The molecule has 3 heterocycles. The Morgan fingerprint density at radius 2 is 2.25 bits per heavy atom. The molecule has 5 nitrogen and oxygen atoms in total. The number of furan rings is 1. The molecular formula is C11H12N2O3. The molecule has 2 fully saturated rings. The molecule has 1 N–H and O–H groups in total. The lowest BCUT2D eigenvalue weighted by Gasteiger charge is -2.34. The van der Waals surface area contributed by atoms with Crippen molar-refractivity contribution in [1.29, 1.82) is 0 Å². The van der Waals surface area contributed by atoms with Crippen LogP contribution in [0.3, 0.4) is 0 Å². The quantitative estimate of drug-likeness (QED) is 0.698. The van der Waals surface area contributed by atoms with Gasteiger partial charge in [0.25, 0.3) is 5.91 Å². The molecule has 0 aliphatic carbocycles. The van der Waals surface area contributed by atoms with Gasteiger partial charge in [0, 0.05) is 6.54 Å². The molecule has 0 spiro atoms. The van der Waals surface area contributed by atoms with Crippen LogP contribution in [0.25, 0.3) is 0 Å². The van der Waals surface area contributed by atoms with Gasteiger partial charge in [-0.3, -0.25) is 19.8 Å². The number of amides is 2. The van der Waals surface area contributed by atoms with Gasteiger partial charge in [-0.25, -0.2) is 0 Å². The molecule has 0 saturated carbocycles. The molecule has 0 aromatic carbocycles. The predicted octanol–water partition coefficient (Wildman–Crippen LogP) is 0.441. The summed E-state index contributed by atoms with van der Waals surface area (Å²) >= 11 is 0. The van der Waals surface area contributed by atoms with E-state index in [2.05, 4.69) is 5.32 Å². The molecule has 2 aliphatic heterocycles. The first-order valence-electron chi connectivity index (χ1n) is 5.41. The summed E-state index contributed by atoms with van der Waals surface area (Å²) in [4.78, 5) is 25.3. The van der Waals surface area contributed by atoms with Crippen LogP contribution in [0, 0.1) is 0 Å². The van der Waals surface area contributed by atoms with Gasteiger partial charge in [0.1, 0.15) is 11.8 Å². The highest BCUT2D eigenvalue weighted by molar-refractivity contribution is 6.03. The molecule has 2 saturated heterocycles. The summed E-state index contributed by atoms with van der Waals surface area (Å²) in [5.74, 6) is 0.153. The minimum absolute atomic E-state index is 0.173. The van der Waals surface area contributed by atoms with E-state index in [1.807, 2.05) is 4.90 Å². The lowest BCUT2D eigenvalue weighted by Crippen LogP contribution is -2.56. The van der Waals surface area contributed by atoms with Gasteiger partial charge in [-0.1, -0.05) is 0 Å². The van der Waals surface area contributed by atoms with Crippen molar-refractivity contribution in [1.82, 2.24) is 10.2 Å². The van der Waals surface area contributed by atoms with Crippen molar-refractivity contribution in [3.8, 4) is 0 Å². The molecule has 1 aromatic rings. The van der Waals surface area contributed by atoms with E-state index in [0.29, 0.717) is 5.76 Å². The predicted molar refractivity (Wildman–Crippen MR) is 54.3 cm³/mol. The topological polar surface area (TPSA) is 62.6 Å². The van der Waals surface area contributed by atoms with Crippen LogP contribution in [-0.2, 0) is 9.59 Å². The summed E-state index contributed by atoms with van der Waals surface area (Å²) < 4.78 is 5.27. The lowest BCUT2D eigenvalue weighted by molar-refractivity contribution is -0.143. The maximum atomic E-state index is 11.8. The fraction of sp³-hybridized carbons (Fsp3) is 0.455. The van der Waals surface area contributed by atoms with Crippen LogP contribution >= 0.6 is 0 Å². The number of rotatable bonds is 1. The van der Waals surface area contributed by atoms with Crippen LogP contribution in [0.5, 0.6) is 0 Å². The Morgan fingerprint density at radius 1 is 1.38 bits per heavy atom. The highest BCUT2D eigenvalue weighted by atomic mass is 16.3. The SMILES string of the molecule is O=C1NC(=O)[C@@H]2CCCN2[C@H]1c1ccco1. The largest absolute Gasteiger partial charge is 0.467 e. The monoisotopic (exact) mass is 220 g/mol. The van der Waals surface area contributed by atoms with Gasteiger partial charge in [0.05, 0.1) is 12.3 Å². The molecule has 16 heavy (non-hydrogen) atoms. The number of hydrogen-bond acceptors (Lipinski definition) is 4. The molecule has 1 aromatic heterocycles. The van der Waals surface area contributed by atoms with Gasteiger partial charge in [-0.15, -0.1) is 0 Å². The fourth-order valence-electron chi connectivity index (χ4n) is 2.54. The van der Waals surface area contributed by atoms with E-state index in [1.165, 1.54) is 0 Å². The molecular weight excluding hydrogens is 208 g/mol. The smallest absolute Gasteiger partial charge is 0.251 e. The Labute approximate surface area is 92.4 Å². The van der Waals surface area contributed by atoms with Crippen molar-refractivity contribution in [3.63, 3.8) is 0 Å². The van der Waals surface area contributed by atoms with Gasteiger partial charge in [0.15, 0.2) is 0 Å². The standard InChI is InChI=1S/C11H12N2O3/c14-10-7-3-1-5-13(7)9(11(15)12-10)8-4-2-6-16-8/h2,4,6-7,9H,1,3,5H2,(H,12,14,15)/t7-,9-/m0/s1. The average molecular weight is 220 g/mol. The van der Waals surface area contributed by atoms with Gasteiger partial charge in [0.2, 0.25) is 5.91 Å². The van der Waals surface area contributed by atoms with Crippen molar-refractivity contribution in [2.45, 2.75) is 24.9 Å². The van der Waals surface area contributed by atoms with Gasteiger partial charge in [-0.05, 0) is 25.0 Å². The molecule has 84 valence electrons. The Hall–Kier alpha value is -1.62. The summed E-state index contributed by atoms with van der Waals surface area (Å²) in [6, 6.07) is 2.91. The van der Waals surface area contributed by atoms with E-state index in [4.69, 9.17) is 4.42 Å². The highest BCUT2D eigenvalue weighted by Gasteiger charge is 2.45. The third-order valence-corrected chi connectivity index (χ3v) is 3.24. The molecule has 2 aliphatic rings. The summed E-state index contributed by atoms with van der Waals surface area (Å²) in [5, 5.41) is 2.41. The first kappa shape index (κ1) is 9.59. The number of piperazine rings is 1. The Morgan fingerprint density at radius 3 is 3.00 bits per heavy atom. The van der Waals surface area contributed by atoms with Crippen molar-refractivity contribution < 1.29 is 14.0 Å². The zero-order valence-corrected chi connectivity index (χ0v) is 8.68. The summed E-state index contributed by atoms with van der Waals surface area (Å²) in [5.41, 5.74) is 0. The number of carbonyl (C=O) groups is 2. The molecule has 0 radical (unpaired) electrons. The Balaban J connectivity index is 1.97. The maximum Gasteiger partial charge on any atom is 0.251 e. The average Bonchev–Trinajstić information content (AvgIpc) is 2.86. The van der Waals surface area contributed by atoms with Crippen molar-refractivity contribution in [2.75, 3.05) is 6.54 Å². The van der Waals surface area contributed by atoms with Crippen LogP contribution in [0.4, 0.5) is 0 Å². The summed E-state index contributed by atoms with van der Waals surface area (Å²) in [7, 11) is 0. The van der Waals surface area contributed by atoms with Gasteiger partial charge < -0.3 is 4.42 Å². The number of carbonyl (C=O) groups excluding carboxylic acids is 2. The molecule has 3 rings (SSSR count). The van der Waals surface area contributed by atoms with E-state index >= 15 is 0 Å². The van der Waals surface area contributed by atoms with E-state index in [9.17, 15) is 9.59 Å². The Kier molecular flexibility index (Phi) is 2.07. The first-order valence-corrected chi connectivity index (χ1v) is 5.41. The normalized spacial score (nSPS) is 30.2. The molecule has 5 heteroatoms. The zero-order chi connectivity index (χ0) is 11.1. The van der Waals surface area contributed by atoms with Crippen molar-refractivity contribution in [2.24, 2.45) is 0 Å². The van der Waals surface area contributed by atoms with Crippen molar-refractivity contribution in [3.05, 3.63) is 24.2 Å². The zero-order valence-electron chi connectivity index (χ0n) is 8.68. The number of hydrogen-bond donors (Lipinski definition) is 1. The number of nitrogens with zero attached hydrogens (tertiary/aromatic N) is 1. The number of imide groups is 1. The van der Waals surface area contributed by atoms with Gasteiger partial charge in [-0.2, -0.15) is 0 Å². The summed E-state index contributed by atoms with van der Waals surface area (Å²) in [6.45, 7) is 0.773. The first-order chi connectivity index (χ1) is 7.77. The van der Waals surface area contributed by atoms with Crippen LogP contribution in [0.2, 0.25) is 0 Å². The third-order valence-electron chi connectivity index (χ3n) is 3.24. The second kappa shape index (κ2) is 3.45. The van der Waals surface area contributed by atoms with E-state index in [1.54, 1.807) is 18.4 Å². The van der Waals surface area contributed by atoms with E-state index in [-0.39, 0.29) is 17.9 Å². The van der Waals surface area contributed by atoms with Gasteiger partial charge >= 0.3 is 0 Å². The van der Waals surface area contributed by atoms with Crippen LogP contribution in [-0.4, -0.2) is 29.3 Å². The number of fused-ring (bicyclic) bond motifs is 1. The molecule has 2 atom stereocenters. The molecule has 2 amide bonds. The summed E-state index contributed by atoms with van der Waals surface area (Å²) in [6.07, 6.45) is 3.31. The second-order valence-electron chi connectivity index (χ2n) is 4.17.